The van der Waals surface area contributed by atoms with Crippen LogP contribution < -0.4 is 0 Å². The monoisotopic (exact) mass is 320 g/mol. The molecular weight excluding hydrogens is 300 g/mol. The summed E-state index contributed by atoms with van der Waals surface area (Å²) in [6.45, 7) is 3.48. The minimum Gasteiger partial charge on any atom is -0.440 e. The number of aryl methyl sites for hydroxylation is 1. The number of likely N-dealkylation sites (tertiary alicyclic amines) is 1. The SMILES string of the molecule is Cc1ccccc1C(=O)N1CCC(c2nc3ccccc3o2)CC1. The fourth-order valence-corrected chi connectivity index (χ4v) is 3.38. The Bertz CT molecular complexity index is 843. The van der Waals surface area contributed by atoms with Crippen LogP contribution in [0.2, 0.25) is 0 Å². The molecule has 4 heteroatoms. The molecule has 24 heavy (non-hydrogen) atoms. The third kappa shape index (κ3) is 2.68. The lowest BCUT2D eigenvalue weighted by Crippen LogP contribution is -2.38. The van der Waals surface area contributed by atoms with Crippen LogP contribution in [0, 0.1) is 6.92 Å². The van der Waals surface area contributed by atoms with E-state index in [1.165, 1.54) is 0 Å². The summed E-state index contributed by atoms with van der Waals surface area (Å²) in [7, 11) is 0. The molecule has 2 heterocycles. The zero-order valence-electron chi connectivity index (χ0n) is 13.7. The number of benzene rings is 2. The molecule has 0 radical (unpaired) electrons. The van der Waals surface area contributed by atoms with Crippen LogP contribution >= 0.6 is 0 Å². The van der Waals surface area contributed by atoms with Crippen LogP contribution in [0.15, 0.2) is 52.9 Å². The molecule has 0 atom stereocenters. The normalized spacial score (nSPS) is 15.8. The van der Waals surface area contributed by atoms with Crippen LogP contribution in [0.3, 0.4) is 0 Å². The quantitative estimate of drug-likeness (QED) is 0.712. The van der Waals surface area contributed by atoms with Crippen molar-refractivity contribution in [3.8, 4) is 0 Å². The number of nitrogens with zero attached hydrogens (tertiary/aromatic N) is 2. The predicted octanol–water partition coefficient (Wildman–Crippen LogP) is 4.16. The maximum Gasteiger partial charge on any atom is 0.254 e. The highest BCUT2D eigenvalue weighted by Crippen LogP contribution is 2.30. The number of fused-ring (bicyclic) bond motifs is 1. The van der Waals surface area contributed by atoms with Gasteiger partial charge in [0, 0.05) is 24.6 Å². The lowest BCUT2D eigenvalue weighted by molar-refractivity contribution is 0.0706. The number of aromatic nitrogens is 1. The number of para-hydroxylation sites is 2. The largest absolute Gasteiger partial charge is 0.440 e. The molecule has 1 aliphatic rings. The Labute approximate surface area is 141 Å². The van der Waals surface area contributed by atoms with Crippen molar-refractivity contribution in [2.24, 2.45) is 0 Å². The van der Waals surface area contributed by atoms with Crippen molar-refractivity contribution in [1.29, 1.82) is 0 Å². The second kappa shape index (κ2) is 6.11. The zero-order chi connectivity index (χ0) is 16.5. The summed E-state index contributed by atoms with van der Waals surface area (Å²) < 4.78 is 5.89. The maximum absolute atomic E-state index is 12.7. The first kappa shape index (κ1) is 14.9. The van der Waals surface area contributed by atoms with Gasteiger partial charge in [0.15, 0.2) is 11.5 Å². The van der Waals surface area contributed by atoms with Gasteiger partial charge in [-0.1, -0.05) is 30.3 Å². The molecule has 0 bridgehead atoms. The van der Waals surface area contributed by atoms with E-state index in [1.54, 1.807) is 0 Å². The van der Waals surface area contributed by atoms with Crippen LogP contribution in [0.25, 0.3) is 11.1 Å². The van der Waals surface area contributed by atoms with E-state index < -0.39 is 0 Å². The number of hydrogen-bond acceptors (Lipinski definition) is 3. The fraction of sp³-hybridized carbons (Fsp3) is 0.300. The van der Waals surface area contributed by atoms with Gasteiger partial charge < -0.3 is 9.32 Å². The highest BCUT2D eigenvalue weighted by atomic mass is 16.3. The first-order valence-corrected chi connectivity index (χ1v) is 8.43. The molecule has 0 unspecified atom stereocenters. The van der Waals surface area contributed by atoms with E-state index in [2.05, 4.69) is 4.98 Å². The Hall–Kier alpha value is -2.62. The zero-order valence-corrected chi connectivity index (χ0v) is 13.7. The Morgan fingerprint density at radius 2 is 1.79 bits per heavy atom. The lowest BCUT2D eigenvalue weighted by Gasteiger charge is -2.31. The number of amides is 1. The van der Waals surface area contributed by atoms with E-state index in [9.17, 15) is 4.79 Å². The summed E-state index contributed by atoms with van der Waals surface area (Å²) in [5, 5.41) is 0. The van der Waals surface area contributed by atoms with E-state index in [4.69, 9.17) is 4.42 Å². The number of hydrogen-bond donors (Lipinski definition) is 0. The molecule has 1 amide bonds. The van der Waals surface area contributed by atoms with E-state index in [0.29, 0.717) is 5.92 Å². The highest BCUT2D eigenvalue weighted by molar-refractivity contribution is 5.95. The van der Waals surface area contributed by atoms with Crippen molar-refractivity contribution < 1.29 is 9.21 Å². The molecular formula is C20H20N2O2. The van der Waals surface area contributed by atoms with Gasteiger partial charge >= 0.3 is 0 Å². The molecule has 1 aromatic heterocycles. The second-order valence-electron chi connectivity index (χ2n) is 6.40. The van der Waals surface area contributed by atoms with Gasteiger partial charge in [-0.05, 0) is 43.5 Å². The van der Waals surface area contributed by atoms with Gasteiger partial charge in [-0.25, -0.2) is 4.98 Å². The van der Waals surface area contributed by atoms with Crippen molar-refractivity contribution in [1.82, 2.24) is 9.88 Å². The molecule has 1 saturated heterocycles. The Balaban J connectivity index is 1.47. The smallest absolute Gasteiger partial charge is 0.254 e. The molecule has 2 aromatic carbocycles. The molecule has 1 fully saturated rings. The average molecular weight is 320 g/mol. The van der Waals surface area contributed by atoms with Gasteiger partial charge in [-0.3, -0.25) is 4.79 Å². The van der Waals surface area contributed by atoms with Gasteiger partial charge in [-0.2, -0.15) is 0 Å². The molecule has 0 spiro atoms. The van der Waals surface area contributed by atoms with Crippen molar-refractivity contribution in [2.75, 3.05) is 13.1 Å². The number of rotatable bonds is 2. The average Bonchev–Trinajstić information content (AvgIpc) is 3.06. The van der Waals surface area contributed by atoms with Gasteiger partial charge in [0.2, 0.25) is 0 Å². The van der Waals surface area contributed by atoms with Crippen molar-refractivity contribution in [3.05, 3.63) is 65.5 Å². The molecule has 0 saturated carbocycles. The molecule has 4 nitrogen and oxygen atoms in total. The highest BCUT2D eigenvalue weighted by Gasteiger charge is 2.27. The molecule has 0 aliphatic carbocycles. The number of carbonyl (C=O) groups is 1. The van der Waals surface area contributed by atoms with Gasteiger partial charge in [0.05, 0.1) is 0 Å². The summed E-state index contributed by atoms with van der Waals surface area (Å²) in [6, 6.07) is 15.6. The Kier molecular flexibility index (Phi) is 3.81. The molecule has 4 rings (SSSR count). The van der Waals surface area contributed by atoms with Crippen LogP contribution in [0.4, 0.5) is 0 Å². The third-order valence-electron chi connectivity index (χ3n) is 4.82. The first-order valence-electron chi connectivity index (χ1n) is 8.43. The summed E-state index contributed by atoms with van der Waals surface area (Å²) in [4.78, 5) is 19.2. The number of carbonyl (C=O) groups excluding carboxylic acids is 1. The minimum atomic E-state index is 0.129. The van der Waals surface area contributed by atoms with Gasteiger partial charge in [0.1, 0.15) is 5.52 Å². The van der Waals surface area contributed by atoms with Crippen molar-refractivity contribution in [2.45, 2.75) is 25.7 Å². The topological polar surface area (TPSA) is 46.3 Å². The molecule has 122 valence electrons. The van der Waals surface area contributed by atoms with E-state index >= 15 is 0 Å². The van der Waals surface area contributed by atoms with Crippen LogP contribution in [-0.2, 0) is 0 Å². The first-order chi connectivity index (χ1) is 11.7. The van der Waals surface area contributed by atoms with E-state index in [-0.39, 0.29) is 5.91 Å². The summed E-state index contributed by atoms with van der Waals surface area (Å²) in [5.74, 6) is 1.22. The number of piperidine rings is 1. The lowest BCUT2D eigenvalue weighted by atomic mass is 9.96. The summed E-state index contributed by atoms with van der Waals surface area (Å²) in [5.41, 5.74) is 3.58. The summed E-state index contributed by atoms with van der Waals surface area (Å²) >= 11 is 0. The standard InChI is InChI=1S/C20H20N2O2/c1-14-6-2-3-7-16(14)20(23)22-12-10-15(11-13-22)19-21-17-8-4-5-9-18(17)24-19/h2-9,15H,10-13H2,1H3. The van der Waals surface area contributed by atoms with Crippen LogP contribution in [-0.4, -0.2) is 28.9 Å². The van der Waals surface area contributed by atoms with Gasteiger partial charge in [-0.15, -0.1) is 0 Å². The van der Waals surface area contributed by atoms with E-state index in [1.807, 2.05) is 60.4 Å². The molecule has 0 N–H and O–H groups in total. The van der Waals surface area contributed by atoms with Crippen LogP contribution in [0.5, 0.6) is 0 Å². The second-order valence-corrected chi connectivity index (χ2v) is 6.40. The number of oxazole rings is 1. The minimum absolute atomic E-state index is 0.129. The van der Waals surface area contributed by atoms with Crippen LogP contribution in [0.1, 0.15) is 40.6 Å². The predicted molar refractivity (Wildman–Crippen MR) is 93.1 cm³/mol. The fourth-order valence-electron chi connectivity index (χ4n) is 3.38. The third-order valence-corrected chi connectivity index (χ3v) is 4.82. The van der Waals surface area contributed by atoms with E-state index in [0.717, 1.165) is 54.0 Å². The summed E-state index contributed by atoms with van der Waals surface area (Å²) in [6.07, 6.45) is 1.79. The Morgan fingerprint density at radius 3 is 2.54 bits per heavy atom. The maximum atomic E-state index is 12.7. The molecule has 1 aliphatic heterocycles. The van der Waals surface area contributed by atoms with Gasteiger partial charge in [0.25, 0.3) is 5.91 Å². The van der Waals surface area contributed by atoms with Crippen molar-refractivity contribution >= 4 is 17.0 Å². The molecule has 3 aromatic rings. The van der Waals surface area contributed by atoms with Crippen molar-refractivity contribution in [3.63, 3.8) is 0 Å². The Morgan fingerprint density at radius 1 is 1.08 bits per heavy atom.